The molecule has 1 heterocycles. The number of hydrogen-bond acceptors (Lipinski definition) is 7. The number of carbonyl (C=O) groups is 2. The molecule has 0 spiro atoms. The molecule has 3 aromatic rings. The molecule has 1 aromatic heterocycles. The van der Waals surface area contributed by atoms with Crippen LogP contribution in [0.25, 0.3) is 0 Å². The van der Waals surface area contributed by atoms with Crippen molar-refractivity contribution in [1.82, 2.24) is 4.98 Å². The Kier molecular flexibility index (Phi) is 10.2. The highest BCUT2D eigenvalue weighted by Gasteiger charge is 2.45. The van der Waals surface area contributed by atoms with Crippen LogP contribution in [0.4, 0.5) is 0 Å². The number of carbonyl (C=O) groups excluding carboxylic acids is 2. The summed E-state index contributed by atoms with van der Waals surface area (Å²) in [4.78, 5) is 25.5. The zero-order valence-electron chi connectivity index (χ0n) is 22.4. The van der Waals surface area contributed by atoms with Crippen molar-refractivity contribution in [2.24, 2.45) is 5.92 Å². The van der Waals surface area contributed by atoms with Gasteiger partial charge in [0.15, 0.2) is 17.9 Å². The number of rotatable bonds is 9. The van der Waals surface area contributed by atoms with E-state index >= 15 is 0 Å². The van der Waals surface area contributed by atoms with Crippen molar-refractivity contribution in [1.29, 1.82) is 0 Å². The van der Waals surface area contributed by atoms with Gasteiger partial charge in [-0.2, -0.15) is 0 Å². The molecule has 1 N–H and O–H groups in total. The molecule has 38 heavy (non-hydrogen) atoms. The third-order valence-corrected chi connectivity index (χ3v) is 7.01. The van der Waals surface area contributed by atoms with Gasteiger partial charge in [0, 0.05) is 12.4 Å². The average Bonchev–Trinajstić information content (AvgIpc) is 3.38. The first-order chi connectivity index (χ1) is 18.2. The number of quaternary nitrogens is 1. The lowest BCUT2D eigenvalue weighted by atomic mass is 9.73. The summed E-state index contributed by atoms with van der Waals surface area (Å²) < 4.78 is 12.2. The van der Waals surface area contributed by atoms with Crippen LogP contribution in [0.5, 0.6) is 0 Å². The number of benzene rings is 2. The van der Waals surface area contributed by atoms with Crippen LogP contribution in [0, 0.1) is 5.92 Å². The summed E-state index contributed by atoms with van der Waals surface area (Å²) >= 11 is 0. The number of aromatic nitrogens is 1. The molecular formula is C30H38N2O6. The van der Waals surface area contributed by atoms with Crippen LogP contribution < -0.4 is 5.11 Å². The molecule has 8 heteroatoms. The third-order valence-electron chi connectivity index (χ3n) is 7.01. The minimum absolute atomic E-state index is 0.0575. The van der Waals surface area contributed by atoms with E-state index in [4.69, 9.17) is 19.1 Å². The van der Waals surface area contributed by atoms with Crippen LogP contribution in [0.2, 0.25) is 0 Å². The van der Waals surface area contributed by atoms with Crippen molar-refractivity contribution < 1.29 is 33.4 Å². The molecule has 4 rings (SSSR count). The summed E-state index contributed by atoms with van der Waals surface area (Å²) in [5.74, 6) is 0.765. The standard InChI is InChI=1S/C29H37N2O4.CH2O2/c1-22(23-13-7-4-8-14-23)34-27(32)21-31(2,3)20-26-19-30-28(35-26)29(33,24-15-9-5-10-16-24)25-17-11-6-12-18-25;2-1-3/h4-5,7-10,13-16,19,22,25,33H,6,11-12,17-18,20-21H2,1-3H3;1H,(H,2,3)/q+1;/p-1/t22-,29+;/m1./s1. The Morgan fingerprint density at radius 1 is 1.13 bits per heavy atom. The molecule has 0 aliphatic heterocycles. The highest BCUT2D eigenvalue weighted by atomic mass is 16.5. The Hall–Kier alpha value is -3.49. The Morgan fingerprint density at radius 2 is 1.71 bits per heavy atom. The fourth-order valence-electron chi connectivity index (χ4n) is 5.16. The van der Waals surface area contributed by atoms with Crippen molar-refractivity contribution in [2.45, 2.75) is 57.3 Å². The summed E-state index contributed by atoms with van der Waals surface area (Å²) in [5, 5.41) is 20.3. The van der Waals surface area contributed by atoms with Gasteiger partial charge in [-0.15, -0.1) is 0 Å². The number of nitrogens with zero attached hydrogens (tertiary/aromatic N) is 2. The fraction of sp³-hybridized carbons (Fsp3) is 0.433. The van der Waals surface area contributed by atoms with Crippen molar-refractivity contribution in [3.05, 3.63) is 89.6 Å². The van der Waals surface area contributed by atoms with E-state index < -0.39 is 12.1 Å². The number of esters is 1. The van der Waals surface area contributed by atoms with E-state index in [1.54, 1.807) is 6.20 Å². The van der Waals surface area contributed by atoms with Crippen LogP contribution in [0.1, 0.15) is 67.9 Å². The lowest BCUT2D eigenvalue weighted by Crippen LogP contribution is -2.43. The number of oxazole rings is 1. The normalized spacial score (nSPS) is 16.4. The van der Waals surface area contributed by atoms with Crippen LogP contribution in [-0.2, 0) is 26.5 Å². The molecule has 1 aliphatic rings. The maximum absolute atomic E-state index is 12.7. The fourth-order valence-corrected chi connectivity index (χ4v) is 5.16. The molecule has 8 nitrogen and oxygen atoms in total. The number of hydrogen-bond donors (Lipinski definition) is 1. The van der Waals surface area contributed by atoms with Crippen molar-refractivity contribution >= 4 is 12.4 Å². The molecule has 0 bridgehead atoms. The van der Waals surface area contributed by atoms with Gasteiger partial charge in [-0.3, -0.25) is 0 Å². The second-order valence-electron chi connectivity index (χ2n) is 10.5. The van der Waals surface area contributed by atoms with Gasteiger partial charge in [0.1, 0.15) is 12.6 Å². The first kappa shape index (κ1) is 29.1. The third kappa shape index (κ3) is 7.52. The molecule has 0 radical (unpaired) electrons. The predicted molar refractivity (Wildman–Crippen MR) is 140 cm³/mol. The average molecular weight is 523 g/mol. The maximum atomic E-state index is 12.7. The smallest absolute Gasteiger partial charge is 0.362 e. The van der Waals surface area contributed by atoms with E-state index in [9.17, 15) is 9.90 Å². The number of carboxylic acid groups (broad SMARTS) is 1. The van der Waals surface area contributed by atoms with Crippen LogP contribution in [0.3, 0.4) is 0 Å². The Morgan fingerprint density at radius 3 is 2.32 bits per heavy atom. The zero-order chi connectivity index (χ0) is 27.6. The highest BCUT2D eigenvalue weighted by Crippen LogP contribution is 2.43. The van der Waals surface area contributed by atoms with Gasteiger partial charge in [-0.25, -0.2) is 9.78 Å². The van der Waals surface area contributed by atoms with Gasteiger partial charge in [-0.1, -0.05) is 79.9 Å². The monoisotopic (exact) mass is 522 g/mol. The van der Waals surface area contributed by atoms with Crippen LogP contribution >= 0.6 is 0 Å². The summed E-state index contributed by atoms with van der Waals surface area (Å²) in [6, 6.07) is 19.4. The van der Waals surface area contributed by atoms with Crippen molar-refractivity contribution in [2.75, 3.05) is 20.6 Å². The predicted octanol–water partition coefficient (Wildman–Crippen LogP) is 3.74. The largest absolute Gasteiger partial charge is 0.554 e. The Balaban J connectivity index is 0.00000127. The molecule has 2 atom stereocenters. The molecule has 1 fully saturated rings. The topological polar surface area (TPSA) is 113 Å². The first-order valence-corrected chi connectivity index (χ1v) is 13.0. The quantitative estimate of drug-likeness (QED) is 0.259. The van der Waals surface area contributed by atoms with Gasteiger partial charge in [-0.05, 0) is 30.9 Å². The van der Waals surface area contributed by atoms with Crippen molar-refractivity contribution in [3.8, 4) is 0 Å². The highest BCUT2D eigenvalue weighted by molar-refractivity contribution is 5.70. The van der Waals surface area contributed by atoms with E-state index in [2.05, 4.69) is 4.98 Å². The minimum atomic E-state index is -1.26. The summed E-state index contributed by atoms with van der Waals surface area (Å²) in [6.07, 6.45) is 6.65. The first-order valence-electron chi connectivity index (χ1n) is 13.0. The van der Waals surface area contributed by atoms with E-state index in [0.29, 0.717) is 22.7 Å². The Labute approximate surface area is 224 Å². The van der Waals surface area contributed by atoms with E-state index in [-0.39, 0.29) is 24.5 Å². The number of ether oxygens (including phenoxy) is 1. The molecule has 2 aromatic carbocycles. The van der Waals surface area contributed by atoms with Crippen LogP contribution in [0.15, 0.2) is 71.3 Å². The summed E-state index contributed by atoms with van der Waals surface area (Å²) in [5.41, 5.74) is 0.516. The molecule has 0 amide bonds. The molecule has 0 saturated heterocycles. The second-order valence-corrected chi connectivity index (χ2v) is 10.5. The van der Waals surface area contributed by atoms with E-state index in [1.165, 1.54) is 6.42 Å². The van der Waals surface area contributed by atoms with Gasteiger partial charge >= 0.3 is 5.97 Å². The minimum Gasteiger partial charge on any atom is -0.554 e. The SMILES string of the molecule is C[C@@H](OC(=O)C[N+](C)(C)Cc1cnc([C@](O)(c2ccccc2)C2CCCCC2)o1)c1ccccc1.O=C[O-]. The van der Waals surface area contributed by atoms with Gasteiger partial charge < -0.3 is 28.6 Å². The maximum Gasteiger partial charge on any atom is 0.362 e. The van der Waals surface area contributed by atoms with Gasteiger partial charge in [0.05, 0.1) is 20.3 Å². The molecule has 1 saturated carbocycles. The van der Waals surface area contributed by atoms with Crippen LogP contribution in [-0.4, -0.2) is 47.7 Å². The van der Waals surface area contributed by atoms with Gasteiger partial charge in [0.25, 0.3) is 0 Å². The molecular weight excluding hydrogens is 484 g/mol. The van der Waals surface area contributed by atoms with E-state index in [1.807, 2.05) is 81.7 Å². The Bertz CT molecular complexity index is 1140. The van der Waals surface area contributed by atoms with Gasteiger partial charge in [0.2, 0.25) is 5.89 Å². The summed E-state index contributed by atoms with van der Waals surface area (Å²) in [6.45, 7) is 2.03. The second kappa shape index (κ2) is 13.3. The number of likely N-dealkylation sites (N-methyl/N-ethyl adjacent to an activating group) is 1. The number of aliphatic hydroxyl groups is 1. The molecule has 0 unspecified atom stereocenters. The lowest BCUT2D eigenvalue weighted by molar-refractivity contribution is -0.897. The lowest BCUT2D eigenvalue weighted by Gasteiger charge is -2.36. The van der Waals surface area contributed by atoms with E-state index in [0.717, 1.165) is 36.8 Å². The summed E-state index contributed by atoms with van der Waals surface area (Å²) in [7, 11) is 3.92. The zero-order valence-corrected chi connectivity index (χ0v) is 22.4. The molecule has 1 aliphatic carbocycles. The van der Waals surface area contributed by atoms with Crippen molar-refractivity contribution in [3.63, 3.8) is 0 Å². The molecule has 204 valence electrons.